The third-order valence-corrected chi connectivity index (χ3v) is 7.56. The van der Waals surface area contributed by atoms with Gasteiger partial charge in [-0.2, -0.15) is 0 Å². The number of hydrogen-bond donors (Lipinski definition) is 1. The minimum absolute atomic E-state index is 0.127. The number of ether oxygens (including phenoxy) is 1. The average molecular weight is 460 g/mol. The van der Waals surface area contributed by atoms with E-state index in [9.17, 15) is 9.18 Å². The van der Waals surface area contributed by atoms with Crippen molar-refractivity contribution < 1.29 is 13.9 Å². The van der Waals surface area contributed by atoms with Crippen molar-refractivity contribution in [3.8, 4) is 5.75 Å². The number of para-hydroxylation sites is 1. The summed E-state index contributed by atoms with van der Waals surface area (Å²) in [4.78, 5) is 16.1. The Balaban J connectivity index is 1.44. The molecule has 162 valence electrons. The second kappa shape index (κ2) is 8.21. The number of nitrogens with one attached hydrogen (secondary N) is 1. The number of nitrogens with zero attached hydrogens (tertiary/aromatic N) is 2. The highest BCUT2D eigenvalue weighted by Crippen LogP contribution is 2.54. The van der Waals surface area contributed by atoms with Gasteiger partial charge >= 0.3 is 0 Å². The number of benzene rings is 2. The molecule has 16 radical (unpaired) electrons. The molecule has 2 atom stereocenters. The Hall–Kier alpha value is -2.08. The molecule has 1 amide bonds. The standard InChI is InChI=1S/C22H16B8FN3O2/c23-19(24)18(35)32-15-3-1-2-13-14-10-33(9-8-16(14)34(19)17(13)15)21(27,28)20(25,26)22(29,30)36-12-6-4-11(31)5-7-12/h1-7,14,16H,8-10H2,(H,32,35)/t14-,16?/m0/s1. The highest BCUT2D eigenvalue weighted by Gasteiger charge is 2.55. The molecule has 1 unspecified atom stereocenters. The van der Waals surface area contributed by atoms with Gasteiger partial charge in [0.2, 0.25) is 5.91 Å². The first-order valence-corrected chi connectivity index (χ1v) is 11.4. The zero-order chi connectivity index (χ0) is 26.3. The lowest BCUT2D eigenvalue weighted by molar-refractivity contribution is -0.117. The van der Waals surface area contributed by atoms with Gasteiger partial charge in [0, 0.05) is 29.2 Å². The van der Waals surface area contributed by atoms with Crippen LogP contribution >= 0.6 is 0 Å². The van der Waals surface area contributed by atoms with E-state index in [1.54, 1.807) is 15.9 Å². The number of likely N-dealkylation sites (tertiary alicyclic amines) is 1. The van der Waals surface area contributed by atoms with Crippen LogP contribution in [0.1, 0.15) is 17.9 Å². The predicted octanol–water partition coefficient (Wildman–Crippen LogP) is -0.740. The molecular weight excluding hydrogens is 444 g/mol. The fourth-order valence-electron chi connectivity index (χ4n) is 5.43. The lowest BCUT2D eigenvalue weighted by Gasteiger charge is -2.61. The number of amides is 1. The molecule has 0 spiro atoms. The molecule has 5 rings (SSSR count). The van der Waals surface area contributed by atoms with E-state index in [2.05, 4.69) is 5.32 Å². The summed E-state index contributed by atoms with van der Waals surface area (Å²) in [5.74, 6) is -1.03. The van der Waals surface area contributed by atoms with Gasteiger partial charge in [-0.1, -0.05) is 22.7 Å². The van der Waals surface area contributed by atoms with E-state index in [0.717, 1.165) is 11.3 Å². The largest absolute Gasteiger partial charge is 0.508 e. The topological polar surface area (TPSA) is 44.8 Å². The summed E-state index contributed by atoms with van der Waals surface area (Å²) in [6.07, 6.45) is 0.482. The number of carbonyl (C=O) groups is 1. The minimum atomic E-state index is -2.25. The van der Waals surface area contributed by atoms with E-state index in [4.69, 9.17) is 67.5 Å². The van der Waals surface area contributed by atoms with Crippen LogP contribution in [0, 0.1) is 5.82 Å². The Morgan fingerprint density at radius 3 is 2.36 bits per heavy atom. The molecule has 14 heteroatoms. The molecule has 36 heavy (non-hydrogen) atoms. The summed E-state index contributed by atoms with van der Waals surface area (Å²) in [5.41, 5.74) is 2.31. The van der Waals surface area contributed by atoms with Crippen LogP contribution < -0.4 is 15.0 Å². The normalized spacial score (nSPS) is 23.5. The fraction of sp³-hybridized carbons (Fsp3) is 0.409. The first kappa shape index (κ1) is 25.6. The van der Waals surface area contributed by atoms with Crippen LogP contribution in [0.25, 0.3) is 0 Å². The second-order valence-corrected chi connectivity index (χ2v) is 9.84. The number of fused-ring (bicyclic) bond motifs is 3. The Labute approximate surface area is 221 Å². The number of halogens is 1. The van der Waals surface area contributed by atoms with E-state index in [1.807, 2.05) is 12.1 Å². The lowest BCUT2D eigenvalue weighted by Crippen LogP contribution is -2.71. The van der Waals surface area contributed by atoms with Crippen LogP contribution in [-0.2, 0) is 4.79 Å². The summed E-state index contributed by atoms with van der Waals surface area (Å²) in [7, 11) is 50.8. The molecule has 3 aliphatic rings. The molecule has 0 saturated carbocycles. The van der Waals surface area contributed by atoms with E-state index in [1.165, 1.54) is 24.3 Å². The van der Waals surface area contributed by atoms with Gasteiger partial charge < -0.3 is 19.9 Å². The van der Waals surface area contributed by atoms with Crippen molar-refractivity contribution >= 4 is 80.1 Å². The van der Waals surface area contributed by atoms with E-state index < -0.39 is 33.0 Å². The van der Waals surface area contributed by atoms with Gasteiger partial charge in [-0.3, -0.25) is 4.79 Å². The van der Waals surface area contributed by atoms with Crippen LogP contribution in [0.4, 0.5) is 15.8 Å². The quantitative estimate of drug-likeness (QED) is 0.598. The molecule has 0 aliphatic carbocycles. The van der Waals surface area contributed by atoms with Gasteiger partial charge in [-0.25, -0.2) is 4.39 Å². The van der Waals surface area contributed by atoms with Crippen molar-refractivity contribution in [1.82, 2.24) is 4.90 Å². The predicted molar refractivity (Wildman–Crippen MR) is 144 cm³/mol. The Kier molecular flexibility index (Phi) is 5.83. The first-order chi connectivity index (χ1) is 16.7. The molecule has 2 aromatic carbocycles. The van der Waals surface area contributed by atoms with E-state index in [0.29, 0.717) is 18.7 Å². The van der Waals surface area contributed by atoms with Gasteiger partial charge in [0.25, 0.3) is 0 Å². The highest BCUT2D eigenvalue weighted by molar-refractivity contribution is 6.61. The summed E-state index contributed by atoms with van der Waals surface area (Å²) < 4.78 is 18.9. The zero-order valence-corrected chi connectivity index (χ0v) is 19.5. The fourth-order valence-corrected chi connectivity index (χ4v) is 5.43. The molecule has 0 aromatic heterocycles. The van der Waals surface area contributed by atoms with Gasteiger partial charge in [0.1, 0.15) is 43.0 Å². The molecule has 1 fully saturated rings. The maximum absolute atomic E-state index is 13.3. The molecule has 1 saturated heterocycles. The van der Waals surface area contributed by atoms with Crippen molar-refractivity contribution in [1.29, 1.82) is 0 Å². The van der Waals surface area contributed by atoms with Crippen molar-refractivity contribution in [2.24, 2.45) is 0 Å². The number of carbonyl (C=O) groups excluding carboxylic acids is 1. The summed E-state index contributed by atoms with van der Waals surface area (Å²) in [6, 6.07) is 10.4. The van der Waals surface area contributed by atoms with Crippen LogP contribution in [0.15, 0.2) is 42.5 Å². The second-order valence-electron chi connectivity index (χ2n) is 9.84. The van der Waals surface area contributed by atoms with Crippen molar-refractivity contribution in [3.05, 3.63) is 53.8 Å². The minimum Gasteiger partial charge on any atom is -0.508 e. The maximum atomic E-state index is 13.3. The van der Waals surface area contributed by atoms with Crippen molar-refractivity contribution in [2.75, 3.05) is 23.3 Å². The van der Waals surface area contributed by atoms with Gasteiger partial charge in [0.15, 0.2) is 0 Å². The van der Waals surface area contributed by atoms with Gasteiger partial charge in [-0.05, 0) is 48.9 Å². The van der Waals surface area contributed by atoms with Crippen LogP contribution in [0.3, 0.4) is 0 Å². The first-order valence-electron chi connectivity index (χ1n) is 11.4. The van der Waals surface area contributed by atoms with E-state index >= 15 is 0 Å². The zero-order valence-electron chi connectivity index (χ0n) is 19.5. The molecular formula is C22H16B8FN3O2. The van der Waals surface area contributed by atoms with Crippen LogP contribution in [0.5, 0.6) is 5.75 Å². The Morgan fingerprint density at radius 2 is 1.69 bits per heavy atom. The van der Waals surface area contributed by atoms with E-state index in [-0.39, 0.29) is 24.3 Å². The van der Waals surface area contributed by atoms with Crippen LogP contribution in [0.2, 0.25) is 5.21 Å². The van der Waals surface area contributed by atoms with Gasteiger partial charge in [0.05, 0.1) is 42.8 Å². The molecule has 1 N–H and O–H groups in total. The Bertz CT molecular complexity index is 1210. The highest BCUT2D eigenvalue weighted by atomic mass is 19.1. The molecule has 3 heterocycles. The van der Waals surface area contributed by atoms with Gasteiger partial charge in [-0.15, -0.1) is 0 Å². The number of anilines is 2. The molecule has 3 aliphatic heterocycles. The average Bonchev–Trinajstić information content (AvgIpc) is 3.15. The number of piperidine rings is 1. The smallest absolute Gasteiger partial charge is 0.231 e. The lowest BCUT2D eigenvalue weighted by atomic mass is 9.23. The maximum Gasteiger partial charge on any atom is 0.231 e. The monoisotopic (exact) mass is 461 g/mol. The molecule has 5 nitrogen and oxygen atoms in total. The third kappa shape index (κ3) is 3.61. The third-order valence-electron chi connectivity index (χ3n) is 7.56. The van der Waals surface area contributed by atoms with Crippen molar-refractivity contribution in [2.45, 2.75) is 39.7 Å². The molecule has 2 aromatic rings. The summed E-state index contributed by atoms with van der Waals surface area (Å²) >= 11 is 0. The Morgan fingerprint density at radius 1 is 1.03 bits per heavy atom. The van der Waals surface area contributed by atoms with Crippen molar-refractivity contribution in [3.63, 3.8) is 0 Å². The summed E-state index contributed by atoms with van der Waals surface area (Å²) in [5, 5.41) is -5.35. The van der Waals surface area contributed by atoms with Crippen LogP contribution in [-0.4, -0.2) is 109 Å². The number of rotatable bonds is 5. The number of hydrogen-bond acceptors (Lipinski definition) is 4. The molecule has 0 bridgehead atoms. The summed E-state index contributed by atoms with van der Waals surface area (Å²) in [6.45, 7) is 0.603. The SMILES string of the molecule is [B]C1([B])C(=O)Nc2cccc3c2N1C1CCN(C([B])([B])C([B])([B])C([B])([B])Oc2ccc(F)cc2)C[C@@H]31.